The molecule has 3 nitrogen and oxygen atoms in total. The highest BCUT2D eigenvalue weighted by Crippen LogP contribution is 2.29. The van der Waals surface area contributed by atoms with Crippen LogP contribution in [0.5, 0.6) is 11.5 Å². The van der Waals surface area contributed by atoms with E-state index in [1.54, 1.807) is 0 Å². The summed E-state index contributed by atoms with van der Waals surface area (Å²) in [6.45, 7) is 5.98. The van der Waals surface area contributed by atoms with Crippen LogP contribution in [0, 0.1) is 0 Å². The van der Waals surface area contributed by atoms with Crippen LogP contribution in [0.15, 0.2) is 54.6 Å². The van der Waals surface area contributed by atoms with E-state index in [0.717, 1.165) is 17.9 Å². The summed E-state index contributed by atoms with van der Waals surface area (Å²) >= 11 is 0. The summed E-state index contributed by atoms with van der Waals surface area (Å²) < 4.78 is 11.5. The fraction of sp³-hybridized carbons (Fsp3) is 0.368. The zero-order valence-electron chi connectivity index (χ0n) is 13.4. The minimum atomic E-state index is -0.0815. The second-order valence-corrected chi connectivity index (χ2v) is 5.61. The Labute approximate surface area is 133 Å². The average molecular weight is 299 g/mol. The molecule has 2 aromatic carbocycles. The van der Waals surface area contributed by atoms with Crippen LogP contribution in [0.2, 0.25) is 0 Å². The Hall–Kier alpha value is -2.00. The monoisotopic (exact) mass is 299 g/mol. The van der Waals surface area contributed by atoms with E-state index in [4.69, 9.17) is 15.2 Å². The lowest BCUT2D eigenvalue weighted by Crippen LogP contribution is -2.33. The molecule has 1 unspecified atom stereocenters. The summed E-state index contributed by atoms with van der Waals surface area (Å²) in [5, 5.41) is 0. The number of rotatable bonds is 8. The molecule has 0 heterocycles. The smallest absolute Gasteiger partial charge is 0.161 e. The molecule has 0 saturated heterocycles. The van der Waals surface area contributed by atoms with Gasteiger partial charge in [-0.1, -0.05) is 49.4 Å². The van der Waals surface area contributed by atoms with Crippen LogP contribution in [0.1, 0.15) is 25.8 Å². The predicted molar refractivity (Wildman–Crippen MR) is 90.6 cm³/mol. The third kappa shape index (κ3) is 4.01. The van der Waals surface area contributed by atoms with E-state index in [1.165, 1.54) is 5.56 Å². The molecule has 0 saturated carbocycles. The molecule has 0 aliphatic carbocycles. The van der Waals surface area contributed by atoms with Crippen molar-refractivity contribution in [2.75, 3.05) is 19.8 Å². The molecule has 0 amide bonds. The molecule has 0 aromatic heterocycles. The second kappa shape index (κ2) is 7.85. The Morgan fingerprint density at radius 3 is 2.09 bits per heavy atom. The molecule has 0 aliphatic rings. The summed E-state index contributed by atoms with van der Waals surface area (Å²) in [5.74, 6) is 1.58. The van der Waals surface area contributed by atoms with E-state index < -0.39 is 0 Å². The lowest BCUT2D eigenvalue weighted by molar-refractivity contribution is 0.247. The van der Waals surface area contributed by atoms with Crippen molar-refractivity contribution < 1.29 is 9.47 Å². The predicted octanol–water partition coefficient (Wildman–Crippen LogP) is 3.77. The molecular formula is C19H25NO2. The fourth-order valence-electron chi connectivity index (χ4n) is 2.44. The van der Waals surface area contributed by atoms with Crippen LogP contribution >= 0.6 is 0 Å². The highest BCUT2D eigenvalue weighted by atomic mass is 16.5. The average Bonchev–Trinajstić information content (AvgIpc) is 2.57. The molecule has 0 fully saturated rings. The van der Waals surface area contributed by atoms with Gasteiger partial charge in [-0.15, -0.1) is 0 Å². The van der Waals surface area contributed by atoms with Gasteiger partial charge in [-0.05, 0) is 31.0 Å². The third-order valence-electron chi connectivity index (χ3n) is 3.98. The van der Waals surface area contributed by atoms with Crippen molar-refractivity contribution in [3.63, 3.8) is 0 Å². The summed E-state index contributed by atoms with van der Waals surface area (Å²) in [4.78, 5) is 0. The molecule has 2 aromatic rings. The van der Waals surface area contributed by atoms with Crippen LogP contribution in [-0.2, 0) is 5.41 Å². The van der Waals surface area contributed by atoms with Crippen LogP contribution < -0.4 is 15.2 Å². The van der Waals surface area contributed by atoms with E-state index >= 15 is 0 Å². The number of ether oxygens (including phenoxy) is 2. The zero-order valence-corrected chi connectivity index (χ0v) is 13.4. The standard InChI is InChI=1S/C19H25NO2/c1-3-21-17-11-7-8-12-18(17)22-14-13-19(2,15-20)16-9-5-4-6-10-16/h4-12H,3,13-15,20H2,1-2H3. The Balaban J connectivity index is 2.00. The quantitative estimate of drug-likeness (QED) is 0.807. The fourth-order valence-corrected chi connectivity index (χ4v) is 2.44. The normalized spacial score (nSPS) is 13.4. The van der Waals surface area contributed by atoms with E-state index in [9.17, 15) is 0 Å². The number of nitrogens with two attached hydrogens (primary N) is 1. The van der Waals surface area contributed by atoms with Gasteiger partial charge >= 0.3 is 0 Å². The van der Waals surface area contributed by atoms with E-state index in [1.807, 2.05) is 37.3 Å². The van der Waals surface area contributed by atoms with Crippen molar-refractivity contribution in [1.82, 2.24) is 0 Å². The van der Waals surface area contributed by atoms with Gasteiger partial charge in [0.1, 0.15) is 0 Å². The Kier molecular flexibility index (Phi) is 5.84. The van der Waals surface area contributed by atoms with Crippen molar-refractivity contribution in [2.24, 2.45) is 5.73 Å². The van der Waals surface area contributed by atoms with Crippen molar-refractivity contribution in [1.29, 1.82) is 0 Å². The molecule has 2 N–H and O–H groups in total. The topological polar surface area (TPSA) is 44.5 Å². The summed E-state index contributed by atoms with van der Waals surface area (Å²) in [5.41, 5.74) is 7.18. The number of hydrogen-bond acceptors (Lipinski definition) is 3. The first kappa shape index (κ1) is 16.4. The first-order valence-electron chi connectivity index (χ1n) is 7.80. The maximum absolute atomic E-state index is 6.02. The first-order valence-corrected chi connectivity index (χ1v) is 7.80. The molecule has 0 spiro atoms. The number of hydrogen-bond donors (Lipinski definition) is 1. The Morgan fingerprint density at radius 2 is 1.50 bits per heavy atom. The van der Waals surface area contributed by atoms with Gasteiger partial charge in [-0.3, -0.25) is 0 Å². The third-order valence-corrected chi connectivity index (χ3v) is 3.98. The highest BCUT2D eigenvalue weighted by Gasteiger charge is 2.24. The molecule has 3 heteroatoms. The minimum Gasteiger partial charge on any atom is -0.490 e. The van der Waals surface area contributed by atoms with Crippen molar-refractivity contribution >= 4 is 0 Å². The van der Waals surface area contributed by atoms with Gasteiger partial charge in [0.2, 0.25) is 0 Å². The largest absolute Gasteiger partial charge is 0.490 e. The molecule has 0 aliphatic heterocycles. The van der Waals surface area contributed by atoms with Crippen LogP contribution in [0.4, 0.5) is 0 Å². The van der Waals surface area contributed by atoms with Gasteiger partial charge in [0.25, 0.3) is 0 Å². The molecule has 1 atom stereocenters. The van der Waals surface area contributed by atoms with Crippen LogP contribution in [0.3, 0.4) is 0 Å². The lowest BCUT2D eigenvalue weighted by atomic mass is 9.80. The van der Waals surface area contributed by atoms with Crippen molar-refractivity contribution in [3.05, 3.63) is 60.2 Å². The van der Waals surface area contributed by atoms with Crippen LogP contribution in [-0.4, -0.2) is 19.8 Å². The molecule has 0 radical (unpaired) electrons. The SMILES string of the molecule is CCOc1ccccc1OCCC(C)(CN)c1ccccc1. The molecule has 22 heavy (non-hydrogen) atoms. The Morgan fingerprint density at radius 1 is 0.909 bits per heavy atom. The number of benzene rings is 2. The zero-order chi connectivity index (χ0) is 15.8. The second-order valence-electron chi connectivity index (χ2n) is 5.61. The van der Waals surface area contributed by atoms with Gasteiger partial charge in [0.15, 0.2) is 11.5 Å². The van der Waals surface area contributed by atoms with Crippen molar-refractivity contribution in [2.45, 2.75) is 25.7 Å². The molecule has 118 valence electrons. The summed E-state index contributed by atoms with van der Waals surface area (Å²) in [7, 11) is 0. The molecule has 2 rings (SSSR count). The van der Waals surface area contributed by atoms with Gasteiger partial charge < -0.3 is 15.2 Å². The minimum absolute atomic E-state index is 0.0815. The Bertz CT molecular complexity index is 571. The number of para-hydroxylation sites is 2. The van der Waals surface area contributed by atoms with Gasteiger partial charge in [0, 0.05) is 12.0 Å². The highest BCUT2D eigenvalue weighted by molar-refractivity contribution is 5.39. The summed E-state index contributed by atoms with van der Waals surface area (Å²) in [6.07, 6.45) is 0.855. The first-order chi connectivity index (χ1) is 10.7. The van der Waals surface area contributed by atoms with Gasteiger partial charge in [-0.2, -0.15) is 0 Å². The maximum atomic E-state index is 6.02. The molecular weight excluding hydrogens is 274 g/mol. The lowest BCUT2D eigenvalue weighted by Gasteiger charge is -2.28. The van der Waals surface area contributed by atoms with Gasteiger partial charge in [0.05, 0.1) is 13.2 Å². The molecule has 0 bridgehead atoms. The maximum Gasteiger partial charge on any atom is 0.161 e. The van der Waals surface area contributed by atoms with Gasteiger partial charge in [-0.25, -0.2) is 0 Å². The summed E-state index contributed by atoms with van der Waals surface area (Å²) in [6, 6.07) is 18.1. The van der Waals surface area contributed by atoms with E-state index in [2.05, 4.69) is 31.2 Å². The van der Waals surface area contributed by atoms with E-state index in [-0.39, 0.29) is 5.41 Å². The van der Waals surface area contributed by atoms with Crippen molar-refractivity contribution in [3.8, 4) is 11.5 Å². The van der Waals surface area contributed by atoms with Crippen LogP contribution in [0.25, 0.3) is 0 Å². The van der Waals surface area contributed by atoms with E-state index in [0.29, 0.717) is 19.8 Å².